The maximum Gasteiger partial charge on any atom is 0.249 e. The Kier molecular flexibility index (Phi) is 3.92. The fourth-order valence-electron chi connectivity index (χ4n) is 2.67. The van der Waals surface area contributed by atoms with E-state index < -0.39 is 0 Å². The molecule has 130 valence electrons. The zero-order valence-electron chi connectivity index (χ0n) is 13.9. The number of amides is 1. The lowest BCUT2D eigenvalue weighted by Crippen LogP contribution is -2.19. The summed E-state index contributed by atoms with van der Waals surface area (Å²) in [5.74, 6) is -0.363. The number of carbonyl (C=O) groups is 1. The molecule has 0 aliphatic carbocycles. The number of aromatic nitrogens is 5. The molecule has 0 aliphatic heterocycles. The molecule has 4 aromatic rings. The van der Waals surface area contributed by atoms with Crippen molar-refractivity contribution in [1.82, 2.24) is 24.4 Å². The van der Waals surface area contributed by atoms with E-state index >= 15 is 0 Å². The fraction of sp³-hybridized carbons (Fsp3) is 0.111. The normalized spacial score (nSPS) is 11.0. The number of hydrogen-bond acceptors (Lipinski definition) is 4. The molecule has 3 heterocycles. The number of nitrogens with one attached hydrogen (secondary N) is 1. The van der Waals surface area contributed by atoms with Gasteiger partial charge >= 0.3 is 0 Å². The van der Waals surface area contributed by atoms with Crippen LogP contribution in [0.2, 0.25) is 0 Å². The van der Waals surface area contributed by atoms with E-state index in [0.717, 1.165) is 0 Å². The van der Waals surface area contributed by atoms with E-state index in [-0.39, 0.29) is 24.2 Å². The minimum absolute atomic E-state index is 0.0717. The first-order valence-electron chi connectivity index (χ1n) is 7.99. The summed E-state index contributed by atoms with van der Waals surface area (Å²) in [5, 5.41) is 10.8. The van der Waals surface area contributed by atoms with Crippen LogP contribution in [-0.4, -0.2) is 30.3 Å². The van der Waals surface area contributed by atoms with Crippen LogP contribution in [0, 0.1) is 12.7 Å². The number of fused-ring (bicyclic) bond motifs is 1. The van der Waals surface area contributed by atoms with Crippen LogP contribution < -0.4 is 5.32 Å². The molecule has 0 saturated carbocycles. The lowest BCUT2D eigenvalue weighted by molar-refractivity contribution is -0.116. The first-order valence-corrected chi connectivity index (χ1v) is 7.99. The van der Waals surface area contributed by atoms with E-state index in [4.69, 9.17) is 0 Å². The fourth-order valence-corrected chi connectivity index (χ4v) is 2.67. The van der Waals surface area contributed by atoms with E-state index in [1.165, 1.54) is 9.20 Å². The monoisotopic (exact) mass is 350 g/mol. The van der Waals surface area contributed by atoms with E-state index in [1.807, 2.05) is 0 Å². The number of aryl methyl sites for hydroxylation is 1. The van der Waals surface area contributed by atoms with Crippen LogP contribution in [-0.2, 0) is 11.3 Å². The van der Waals surface area contributed by atoms with Gasteiger partial charge in [0.2, 0.25) is 11.9 Å². The van der Waals surface area contributed by atoms with Crippen LogP contribution in [0.5, 0.6) is 0 Å². The van der Waals surface area contributed by atoms with Crippen molar-refractivity contribution in [2.24, 2.45) is 0 Å². The van der Waals surface area contributed by atoms with E-state index in [0.29, 0.717) is 22.3 Å². The summed E-state index contributed by atoms with van der Waals surface area (Å²) in [6.07, 6.45) is 4.98. The summed E-state index contributed by atoms with van der Waals surface area (Å²) >= 11 is 0. The minimum Gasteiger partial charge on any atom is -0.292 e. The smallest absolute Gasteiger partial charge is 0.249 e. The van der Waals surface area contributed by atoms with Crippen LogP contribution in [0.25, 0.3) is 16.8 Å². The number of carbonyl (C=O) groups excluding carboxylic acids is 1. The van der Waals surface area contributed by atoms with Gasteiger partial charge in [-0.2, -0.15) is 10.1 Å². The molecule has 7 nitrogen and oxygen atoms in total. The van der Waals surface area contributed by atoms with Crippen LogP contribution >= 0.6 is 0 Å². The van der Waals surface area contributed by atoms with Crippen molar-refractivity contribution in [3.8, 4) is 11.1 Å². The van der Waals surface area contributed by atoms with Crippen molar-refractivity contribution >= 4 is 17.5 Å². The molecule has 0 saturated heterocycles. The van der Waals surface area contributed by atoms with Gasteiger partial charge < -0.3 is 0 Å². The first kappa shape index (κ1) is 15.9. The number of halogens is 1. The molecule has 3 aromatic heterocycles. The van der Waals surface area contributed by atoms with Crippen LogP contribution in [0.15, 0.2) is 55.0 Å². The number of pyridine rings is 1. The molecule has 1 aromatic carbocycles. The zero-order valence-corrected chi connectivity index (χ0v) is 13.9. The Morgan fingerprint density at radius 1 is 1.23 bits per heavy atom. The molecule has 0 aliphatic rings. The van der Waals surface area contributed by atoms with Crippen LogP contribution in [0.4, 0.5) is 10.3 Å². The average molecular weight is 350 g/mol. The largest absolute Gasteiger partial charge is 0.292 e. The SMILES string of the molecule is Cc1cccc(-c2ccc3nc(NC(=O)Cn4cccn4)nn3c2)c1F. The van der Waals surface area contributed by atoms with Gasteiger partial charge in [0.05, 0.1) is 0 Å². The molecule has 8 heteroatoms. The second-order valence-electron chi connectivity index (χ2n) is 5.84. The molecular formula is C18H15FN6O. The highest BCUT2D eigenvalue weighted by Crippen LogP contribution is 2.25. The Labute approximate surface area is 148 Å². The third-order valence-corrected chi connectivity index (χ3v) is 3.95. The molecule has 1 amide bonds. The van der Waals surface area contributed by atoms with Gasteiger partial charge in [-0.15, -0.1) is 5.10 Å². The highest BCUT2D eigenvalue weighted by Gasteiger charge is 2.11. The Morgan fingerprint density at radius 2 is 2.12 bits per heavy atom. The summed E-state index contributed by atoms with van der Waals surface area (Å²) < 4.78 is 17.4. The van der Waals surface area contributed by atoms with Gasteiger partial charge in [0.1, 0.15) is 12.4 Å². The maximum absolute atomic E-state index is 14.3. The number of rotatable bonds is 4. The third-order valence-electron chi connectivity index (χ3n) is 3.95. The molecule has 0 atom stereocenters. The zero-order chi connectivity index (χ0) is 18.1. The van der Waals surface area contributed by atoms with Crippen molar-refractivity contribution in [3.63, 3.8) is 0 Å². The number of anilines is 1. The standard InChI is InChI=1S/C18H15FN6O/c1-12-4-2-5-14(17(12)19)13-6-7-15-21-18(23-25(15)10-13)22-16(26)11-24-9-3-8-20-24/h2-10H,11H2,1H3,(H,22,23,26). The van der Waals surface area contributed by atoms with Crippen LogP contribution in [0.1, 0.15) is 5.56 Å². The van der Waals surface area contributed by atoms with Crippen molar-refractivity contribution in [1.29, 1.82) is 0 Å². The van der Waals surface area contributed by atoms with E-state index in [9.17, 15) is 9.18 Å². The molecule has 26 heavy (non-hydrogen) atoms. The first-order chi connectivity index (χ1) is 12.6. The van der Waals surface area contributed by atoms with Crippen LogP contribution in [0.3, 0.4) is 0 Å². The second kappa shape index (κ2) is 6.40. The lowest BCUT2D eigenvalue weighted by atomic mass is 10.0. The molecule has 0 fully saturated rings. The molecule has 0 spiro atoms. The summed E-state index contributed by atoms with van der Waals surface area (Å²) in [6.45, 7) is 1.79. The van der Waals surface area contributed by atoms with E-state index in [1.54, 1.807) is 61.9 Å². The molecular weight excluding hydrogens is 335 g/mol. The molecule has 4 rings (SSSR count). The summed E-state index contributed by atoms with van der Waals surface area (Å²) in [6, 6.07) is 10.5. The molecule has 0 radical (unpaired) electrons. The van der Waals surface area contributed by atoms with Gasteiger partial charge in [0.25, 0.3) is 0 Å². The topological polar surface area (TPSA) is 77.1 Å². The predicted molar refractivity (Wildman–Crippen MR) is 94.0 cm³/mol. The third kappa shape index (κ3) is 3.04. The summed E-state index contributed by atoms with van der Waals surface area (Å²) in [5.41, 5.74) is 2.30. The summed E-state index contributed by atoms with van der Waals surface area (Å²) in [7, 11) is 0. The predicted octanol–water partition coefficient (Wildman–Crippen LogP) is 2.68. The van der Waals surface area contributed by atoms with Crippen molar-refractivity contribution in [3.05, 3.63) is 66.4 Å². The Hall–Kier alpha value is -3.55. The minimum atomic E-state index is -0.283. The van der Waals surface area contributed by atoms with Crippen molar-refractivity contribution in [2.45, 2.75) is 13.5 Å². The second-order valence-corrected chi connectivity index (χ2v) is 5.84. The number of nitrogens with zero attached hydrogens (tertiary/aromatic N) is 5. The van der Waals surface area contributed by atoms with Gasteiger partial charge in [-0.25, -0.2) is 8.91 Å². The Morgan fingerprint density at radius 3 is 2.92 bits per heavy atom. The Bertz CT molecular complexity index is 1090. The highest BCUT2D eigenvalue weighted by atomic mass is 19.1. The summed E-state index contributed by atoms with van der Waals surface area (Å²) in [4.78, 5) is 16.3. The quantitative estimate of drug-likeness (QED) is 0.614. The van der Waals surface area contributed by atoms with Crippen molar-refractivity contribution in [2.75, 3.05) is 5.32 Å². The van der Waals surface area contributed by atoms with Crippen molar-refractivity contribution < 1.29 is 9.18 Å². The number of benzene rings is 1. The van der Waals surface area contributed by atoms with Gasteiger partial charge in [-0.1, -0.05) is 18.2 Å². The number of hydrogen-bond donors (Lipinski definition) is 1. The highest BCUT2D eigenvalue weighted by molar-refractivity contribution is 5.88. The molecule has 0 unspecified atom stereocenters. The van der Waals surface area contributed by atoms with Gasteiger partial charge in [-0.05, 0) is 30.7 Å². The van der Waals surface area contributed by atoms with Gasteiger partial charge in [0.15, 0.2) is 5.65 Å². The maximum atomic E-state index is 14.3. The molecule has 1 N–H and O–H groups in total. The molecule has 0 bridgehead atoms. The Balaban J connectivity index is 1.59. The van der Waals surface area contributed by atoms with Gasteiger partial charge in [-0.3, -0.25) is 14.8 Å². The lowest BCUT2D eigenvalue weighted by Gasteiger charge is -2.05. The van der Waals surface area contributed by atoms with Gasteiger partial charge in [0, 0.05) is 29.7 Å². The van der Waals surface area contributed by atoms with E-state index in [2.05, 4.69) is 20.5 Å². The average Bonchev–Trinajstić information content (AvgIpc) is 3.25.